The fourth-order valence-corrected chi connectivity index (χ4v) is 3.57. The highest BCUT2D eigenvalue weighted by molar-refractivity contribution is 5.77. The monoisotopic (exact) mass is 376 g/mol. The molecule has 1 aromatic rings. The molecule has 0 saturated heterocycles. The minimum atomic E-state index is -0.604. The van der Waals surface area contributed by atoms with Gasteiger partial charge in [-0.2, -0.15) is 0 Å². The second-order valence-electron chi connectivity index (χ2n) is 6.93. The first-order chi connectivity index (χ1) is 13.0. The Bertz CT molecular complexity index is 740. The first kappa shape index (κ1) is 21.1. The van der Waals surface area contributed by atoms with Crippen molar-refractivity contribution in [3.8, 4) is 0 Å². The third-order valence-electron chi connectivity index (χ3n) is 5.05. The Morgan fingerprint density at radius 1 is 1.19 bits per heavy atom. The minimum absolute atomic E-state index is 0.176. The summed E-state index contributed by atoms with van der Waals surface area (Å²) in [7, 11) is 0. The number of nitrogens with one attached hydrogen (secondary N) is 1. The van der Waals surface area contributed by atoms with Gasteiger partial charge in [0, 0.05) is 23.9 Å². The number of benzene rings is 1. The zero-order valence-corrected chi connectivity index (χ0v) is 16.7. The van der Waals surface area contributed by atoms with Gasteiger partial charge in [-0.25, -0.2) is 13.6 Å². The van der Waals surface area contributed by atoms with Crippen LogP contribution in [0.2, 0.25) is 0 Å². The molecule has 3 rings (SSSR count). The zero-order valence-electron chi connectivity index (χ0n) is 16.7. The third kappa shape index (κ3) is 5.18. The average molecular weight is 376 g/mol. The van der Waals surface area contributed by atoms with E-state index >= 15 is 0 Å². The van der Waals surface area contributed by atoms with Gasteiger partial charge >= 0.3 is 6.03 Å². The molecular formula is C22H30F2N2O. The normalized spacial score (nSPS) is 16.6. The number of allylic oxidation sites excluding steroid dienone is 4. The molecule has 1 atom stereocenters. The molecule has 2 aliphatic rings. The van der Waals surface area contributed by atoms with E-state index in [1.165, 1.54) is 29.4 Å². The number of amides is 2. The highest BCUT2D eigenvalue weighted by atomic mass is 19.1. The standard InChI is InChI=1S/C20H24F2N2O.C2H6/c1-3-4-13(2)14-5-7-17(8-6-14)23-20(25)24-11-15-9-16(21)10-19(22)18(15)12-24;1-2/h5,7,9-10,13H,3-4,6,8,11-12H2,1-2H3,(H,23,25);1-2H3. The Hall–Kier alpha value is -2.17. The van der Waals surface area contributed by atoms with E-state index in [0.717, 1.165) is 24.6 Å². The number of carbonyl (C=O) groups is 1. The van der Waals surface area contributed by atoms with Crippen molar-refractivity contribution < 1.29 is 13.6 Å². The van der Waals surface area contributed by atoms with Crippen molar-refractivity contribution in [2.45, 2.75) is 66.5 Å². The van der Waals surface area contributed by atoms with Crippen molar-refractivity contribution in [3.63, 3.8) is 0 Å². The van der Waals surface area contributed by atoms with Crippen molar-refractivity contribution in [2.24, 2.45) is 5.92 Å². The van der Waals surface area contributed by atoms with Crippen LogP contribution in [-0.2, 0) is 13.1 Å². The molecule has 0 saturated carbocycles. The molecule has 3 nitrogen and oxygen atoms in total. The van der Waals surface area contributed by atoms with E-state index in [1.54, 1.807) is 0 Å². The van der Waals surface area contributed by atoms with Crippen LogP contribution in [0.5, 0.6) is 0 Å². The van der Waals surface area contributed by atoms with E-state index in [0.29, 0.717) is 17.0 Å². The maximum atomic E-state index is 13.8. The molecule has 2 amide bonds. The summed E-state index contributed by atoms with van der Waals surface area (Å²) in [5, 5.41) is 2.91. The number of hydrogen-bond acceptors (Lipinski definition) is 1. The van der Waals surface area contributed by atoms with E-state index in [9.17, 15) is 13.6 Å². The second-order valence-corrected chi connectivity index (χ2v) is 6.93. The van der Waals surface area contributed by atoms with Gasteiger partial charge in [0.1, 0.15) is 11.6 Å². The number of urea groups is 1. The second kappa shape index (κ2) is 9.67. The Balaban J connectivity index is 0.00000126. The van der Waals surface area contributed by atoms with Gasteiger partial charge in [0.2, 0.25) is 0 Å². The molecule has 27 heavy (non-hydrogen) atoms. The van der Waals surface area contributed by atoms with Gasteiger partial charge in [0.15, 0.2) is 0 Å². The molecule has 1 aliphatic carbocycles. The Kier molecular flexibility index (Phi) is 7.57. The van der Waals surface area contributed by atoms with Gasteiger partial charge in [0.05, 0.1) is 6.54 Å². The SMILES string of the molecule is CC.CCCC(C)C1=CC=C(NC(=O)N2Cc3cc(F)cc(F)c3C2)CC1. The van der Waals surface area contributed by atoms with Crippen LogP contribution in [0.15, 0.2) is 35.6 Å². The first-order valence-corrected chi connectivity index (χ1v) is 9.90. The fraction of sp³-hybridized carbons (Fsp3) is 0.500. The molecule has 1 heterocycles. The molecule has 0 radical (unpaired) electrons. The molecule has 0 aromatic heterocycles. The van der Waals surface area contributed by atoms with E-state index < -0.39 is 11.6 Å². The topological polar surface area (TPSA) is 32.3 Å². The van der Waals surface area contributed by atoms with Crippen molar-refractivity contribution in [2.75, 3.05) is 0 Å². The van der Waals surface area contributed by atoms with Crippen LogP contribution in [0.1, 0.15) is 64.5 Å². The number of nitrogens with zero attached hydrogens (tertiary/aromatic N) is 1. The van der Waals surface area contributed by atoms with Crippen LogP contribution in [0.25, 0.3) is 0 Å². The maximum absolute atomic E-state index is 13.8. The number of carbonyl (C=O) groups excluding carboxylic acids is 1. The summed E-state index contributed by atoms with van der Waals surface area (Å²) in [4.78, 5) is 13.9. The molecule has 1 unspecified atom stereocenters. The van der Waals surface area contributed by atoms with Gasteiger partial charge < -0.3 is 10.2 Å². The average Bonchev–Trinajstić information content (AvgIpc) is 3.09. The third-order valence-corrected chi connectivity index (χ3v) is 5.05. The molecule has 5 heteroatoms. The maximum Gasteiger partial charge on any atom is 0.322 e. The molecule has 0 fully saturated rings. The van der Waals surface area contributed by atoms with E-state index in [1.807, 2.05) is 19.9 Å². The van der Waals surface area contributed by atoms with Gasteiger partial charge in [-0.1, -0.05) is 45.8 Å². The number of rotatable bonds is 4. The zero-order chi connectivity index (χ0) is 20.0. The molecule has 1 aromatic carbocycles. The van der Waals surface area contributed by atoms with Gasteiger partial charge in [-0.05, 0) is 42.9 Å². The Morgan fingerprint density at radius 2 is 1.93 bits per heavy atom. The van der Waals surface area contributed by atoms with Crippen molar-refractivity contribution >= 4 is 6.03 Å². The lowest BCUT2D eigenvalue weighted by Gasteiger charge is -2.22. The predicted octanol–water partition coefficient (Wildman–Crippen LogP) is 6.06. The summed E-state index contributed by atoms with van der Waals surface area (Å²) in [6.07, 6.45) is 8.16. The molecule has 1 N–H and O–H groups in total. The van der Waals surface area contributed by atoms with E-state index in [2.05, 4.69) is 25.2 Å². The number of hydrogen-bond donors (Lipinski definition) is 1. The minimum Gasteiger partial charge on any atom is -0.316 e. The van der Waals surface area contributed by atoms with Crippen LogP contribution in [0.3, 0.4) is 0 Å². The van der Waals surface area contributed by atoms with Crippen molar-refractivity contribution in [1.29, 1.82) is 0 Å². The van der Waals surface area contributed by atoms with Crippen molar-refractivity contribution in [1.82, 2.24) is 10.2 Å². The lowest BCUT2D eigenvalue weighted by molar-refractivity contribution is 0.200. The van der Waals surface area contributed by atoms with Gasteiger partial charge in [-0.15, -0.1) is 0 Å². The summed E-state index contributed by atoms with van der Waals surface area (Å²) in [6, 6.07) is 1.91. The van der Waals surface area contributed by atoms with Crippen LogP contribution < -0.4 is 5.32 Å². The van der Waals surface area contributed by atoms with Crippen molar-refractivity contribution in [3.05, 3.63) is 58.3 Å². The smallest absolute Gasteiger partial charge is 0.316 e. The molecule has 0 bridgehead atoms. The highest BCUT2D eigenvalue weighted by Crippen LogP contribution is 2.28. The lowest BCUT2D eigenvalue weighted by Crippen LogP contribution is -2.36. The lowest BCUT2D eigenvalue weighted by atomic mass is 9.89. The summed E-state index contributed by atoms with van der Waals surface area (Å²) in [5.74, 6) is -0.614. The van der Waals surface area contributed by atoms with Gasteiger partial charge in [0.25, 0.3) is 0 Å². The Labute approximate surface area is 161 Å². The number of halogens is 2. The summed E-state index contributed by atoms with van der Waals surface area (Å²) >= 11 is 0. The highest BCUT2D eigenvalue weighted by Gasteiger charge is 2.27. The Morgan fingerprint density at radius 3 is 2.56 bits per heavy atom. The van der Waals surface area contributed by atoms with E-state index in [4.69, 9.17) is 0 Å². The summed E-state index contributed by atoms with van der Waals surface area (Å²) in [6.45, 7) is 8.83. The van der Waals surface area contributed by atoms with Gasteiger partial charge in [-0.3, -0.25) is 0 Å². The largest absolute Gasteiger partial charge is 0.322 e. The molecule has 148 valence electrons. The van der Waals surface area contributed by atoms with Crippen LogP contribution in [0, 0.1) is 17.6 Å². The molecule has 0 spiro atoms. The van der Waals surface area contributed by atoms with E-state index in [-0.39, 0.29) is 19.1 Å². The molecular weight excluding hydrogens is 346 g/mol. The number of fused-ring (bicyclic) bond motifs is 1. The van der Waals surface area contributed by atoms with Crippen LogP contribution >= 0.6 is 0 Å². The fourth-order valence-electron chi connectivity index (χ4n) is 3.57. The van der Waals surface area contributed by atoms with Crippen LogP contribution in [-0.4, -0.2) is 10.9 Å². The van der Waals surface area contributed by atoms with Crippen LogP contribution in [0.4, 0.5) is 13.6 Å². The quantitative estimate of drug-likeness (QED) is 0.681. The summed E-state index contributed by atoms with van der Waals surface area (Å²) in [5.41, 5.74) is 3.25. The predicted molar refractivity (Wildman–Crippen MR) is 105 cm³/mol. The first-order valence-electron chi connectivity index (χ1n) is 9.90. The molecule has 1 aliphatic heterocycles. The summed E-state index contributed by atoms with van der Waals surface area (Å²) < 4.78 is 27.1.